The van der Waals surface area contributed by atoms with Crippen molar-refractivity contribution in [2.45, 2.75) is 38.6 Å². The molecule has 1 saturated carbocycles. The molecule has 0 saturated heterocycles. The summed E-state index contributed by atoms with van der Waals surface area (Å²) in [6.45, 7) is 2.34. The van der Waals surface area contributed by atoms with Gasteiger partial charge in [0.05, 0.1) is 10.7 Å². The molecule has 3 rings (SSSR count). The number of nitrogens with two attached hydrogens (primary N) is 1. The molecule has 1 aliphatic rings. The highest BCUT2D eigenvalue weighted by molar-refractivity contribution is 7.09. The fourth-order valence-corrected chi connectivity index (χ4v) is 4.18. The third-order valence-corrected chi connectivity index (χ3v) is 5.41. The minimum atomic E-state index is 0.352. The topological polar surface area (TPSA) is 50.9 Å². The summed E-state index contributed by atoms with van der Waals surface area (Å²) in [6.07, 6.45) is 4.83. The molecule has 1 fully saturated rings. The second-order valence-corrected chi connectivity index (χ2v) is 7.09. The minimum Gasteiger partial charge on any atom is -0.271 e. The van der Waals surface area contributed by atoms with Crippen LogP contribution in [0.5, 0.6) is 0 Å². The summed E-state index contributed by atoms with van der Waals surface area (Å²) in [4.78, 5) is 4.78. The van der Waals surface area contributed by atoms with E-state index in [2.05, 4.69) is 42.0 Å². The van der Waals surface area contributed by atoms with Gasteiger partial charge < -0.3 is 0 Å². The molecule has 0 bridgehead atoms. The van der Waals surface area contributed by atoms with Crippen LogP contribution in [0.2, 0.25) is 0 Å². The van der Waals surface area contributed by atoms with Crippen molar-refractivity contribution in [1.29, 1.82) is 0 Å². The van der Waals surface area contributed by atoms with Crippen molar-refractivity contribution in [3.05, 3.63) is 40.7 Å². The Labute approximate surface area is 130 Å². The molecule has 21 heavy (non-hydrogen) atoms. The summed E-state index contributed by atoms with van der Waals surface area (Å²) in [7, 11) is 0. The van der Waals surface area contributed by atoms with Crippen LogP contribution in [-0.2, 0) is 6.42 Å². The van der Waals surface area contributed by atoms with Gasteiger partial charge in [-0.05, 0) is 24.7 Å². The Morgan fingerprint density at radius 2 is 2.14 bits per heavy atom. The molecule has 3 unspecified atom stereocenters. The van der Waals surface area contributed by atoms with Gasteiger partial charge in [-0.3, -0.25) is 11.3 Å². The van der Waals surface area contributed by atoms with Gasteiger partial charge in [0.1, 0.15) is 0 Å². The van der Waals surface area contributed by atoms with Crippen LogP contribution < -0.4 is 11.3 Å². The minimum absolute atomic E-state index is 0.352. The van der Waals surface area contributed by atoms with E-state index in [-0.39, 0.29) is 0 Å². The number of thiazole rings is 1. The number of hydrazine groups is 1. The van der Waals surface area contributed by atoms with Gasteiger partial charge in [-0.1, -0.05) is 43.7 Å². The van der Waals surface area contributed by atoms with Crippen LogP contribution in [0.3, 0.4) is 0 Å². The maximum absolute atomic E-state index is 5.79. The molecule has 0 spiro atoms. The molecule has 0 amide bonds. The Kier molecular flexibility index (Phi) is 4.68. The van der Waals surface area contributed by atoms with Crippen LogP contribution in [0.1, 0.15) is 31.2 Å². The Balaban J connectivity index is 1.68. The molecule has 1 aromatic heterocycles. The zero-order valence-corrected chi connectivity index (χ0v) is 13.3. The third kappa shape index (κ3) is 3.51. The average molecular weight is 301 g/mol. The van der Waals surface area contributed by atoms with Gasteiger partial charge in [0, 0.05) is 23.4 Å². The predicted octanol–water partition coefficient (Wildman–Crippen LogP) is 3.62. The smallest absolute Gasteiger partial charge is 0.0948 e. The number of nitrogens with zero attached hydrogens (tertiary/aromatic N) is 1. The summed E-state index contributed by atoms with van der Waals surface area (Å²) in [5.41, 5.74) is 5.29. The molecule has 112 valence electrons. The molecule has 3 atom stereocenters. The Bertz CT molecular complexity index is 566. The molecule has 4 heteroatoms. The van der Waals surface area contributed by atoms with E-state index in [0.29, 0.717) is 12.0 Å². The first-order valence-electron chi connectivity index (χ1n) is 7.72. The van der Waals surface area contributed by atoms with Crippen molar-refractivity contribution in [2.75, 3.05) is 0 Å². The van der Waals surface area contributed by atoms with Gasteiger partial charge in [0.2, 0.25) is 0 Å². The summed E-state index contributed by atoms with van der Waals surface area (Å²) in [6, 6.07) is 10.7. The highest BCUT2D eigenvalue weighted by Gasteiger charge is 2.28. The van der Waals surface area contributed by atoms with Gasteiger partial charge in [0.15, 0.2) is 0 Å². The number of nitrogens with one attached hydrogen (secondary N) is 1. The van der Waals surface area contributed by atoms with E-state index in [9.17, 15) is 0 Å². The van der Waals surface area contributed by atoms with E-state index in [1.165, 1.54) is 29.8 Å². The molecule has 2 aromatic rings. The highest BCUT2D eigenvalue weighted by atomic mass is 32.1. The lowest BCUT2D eigenvalue weighted by Gasteiger charge is -2.21. The van der Waals surface area contributed by atoms with Crippen molar-refractivity contribution >= 4 is 11.3 Å². The van der Waals surface area contributed by atoms with Crippen molar-refractivity contribution in [3.8, 4) is 11.3 Å². The molecule has 1 aromatic carbocycles. The fraction of sp³-hybridized carbons (Fsp3) is 0.471. The number of rotatable bonds is 5. The number of hydrogen-bond acceptors (Lipinski definition) is 4. The van der Waals surface area contributed by atoms with Crippen molar-refractivity contribution in [2.24, 2.45) is 17.7 Å². The first kappa shape index (κ1) is 14.7. The van der Waals surface area contributed by atoms with E-state index < -0.39 is 0 Å². The highest BCUT2D eigenvalue weighted by Crippen LogP contribution is 2.34. The van der Waals surface area contributed by atoms with Crippen LogP contribution >= 0.6 is 11.3 Å². The third-order valence-electron chi connectivity index (χ3n) is 4.53. The Hall–Kier alpha value is -1.23. The maximum Gasteiger partial charge on any atom is 0.0948 e. The lowest BCUT2D eigenvalue weighted by molar-refractivity contribution is 0.352. The van der Waals surface area contributed by atoms with Crippen molar-refractivity contribution in [1.82, 2.24) is 10.4 Å². The van der Waals surface area contributed by atoms with Crippen LogP contribution in [0, 0.1) is 11.8 Å². The lowest BCUT2D eigenvalue weighted by Crippen LogP contribution is -2.41. The predicted molar refractivity (Wildman–Crippen MR) is 88.9 cm³/mol. The second kappa shape index (κ2) is 6.69. The number of hydrogen-bond donors (Lipinski definition) is 2. The van der Waals surface area contributed by atoms with Crippen LogP contribution in [0.4, 0.5) is 0 Å². The van der Waals surface area contributed by atoms with Crippen molar-refractivity contribution in [3.63, 3.8) is 0 Å². The second-order valence-electron chi connectivity index (χ2n) is 6.15. The summed E-state index contributed by atoms with van der Waals surface area (Å²) in [5, 5.41) is 3.33. The first-order valence-corrected chi connectivity index (χ1v) is 8.60. The SMILES string of the molecule is CC1CCC(C(Cc2nc(-c3ccccc3)cs2)NN)C1. The Morgan fingerprint density at radius 1 is 1.33 bits per heavy atom. The average Bonchev–Trinajstić information content (AvgIpc) is 3.15. The molecule has 1 aliphatic carbocycles. The van der Waals surface area contributed by atoms with E-state index >= 15 is 0 Å². The van der Waals surface area contributed by atoms with Crippen molar-refractivity contribution < 1.29 is 0 Å². The van der Waals surface area contributed by atoms with Gasteiger partial charge >= 0.3 is 0 Å². The van der Waals surface area contributed by atoms with Gasteiger partial charge in [-0.15, -0.1) is 11.3 Å². The Morgan fingerprint density at radius 3 is 2.81 bits per heavy atom. The van der Waals surface area contributed by atoms with E-state index in [1.807, 2.05) is 6.07 Å². The first-order chi connectivity index (χ1) is 10.3. The zero-order valence-electron chi connectivity index (χ0n) is 12.5. The standard InChI is InChI=1S/C17H23N3S/c1-12-7-8-14(9-12)15(20-18)10-17-19-16(11-21-17)13-5-3-2-4-6-13/h2-6,11-12,14-15,20H,7-10,18H2,1H3. The normalized spacial score (nSPS) is 23.3. The molecule has 3 N–H and O–H groups in total. The molecule has 0 aliphatic heterocycles. The van der Waals surface area contributed by atoms with Crippen LogP contribution in [-0.4, -0.2) is 11.0 Å². The zero-order chi connectivity index (χ0) is 14.7. The number of aromatic nitrogens is 1. The largest absolute Gasteiger partial charge is 0.271 e. The fourth-order valence-electron chi connectivity index (χ4n) is 3.31. The molecule has 1 heterocycles. The van der Waals surface area contributed by atoms with E-state index in [1.54, 1.807) is 11.3 Å². The molecular formula is C17H23N3S. The monoisotopic (exact) mass is 301 g/mol. The van der Waals surface area contributed by atoms with Gasteiger partial charge in [-0.25, -0.2) is 4.98 Å². The molecule has 3 nitrogen and oxygen atoms in total. The van der Waals surface area contributed by atoms with Crippen LogP contribution in [0.25, 0.3) is 11.3 Å². The molecule has 0 radical (unpaired) electrons. The van der Waals surface area contributed by atoms with Gasteiger partial charge in [0.25, 0.3) is 0 Å². The molecular weight excluding hydrogens is 278 g/mol. The quantitative estimate of drug-likeness (QED) is 0.655. The van der Waals surface area contributed by atoms with E-state index in [4.69, 9.17) is 10.8 Å². The summed E-state index contributed by atoms with van der Waals surface area (Å²) >= 11 is 1.74. The number of benzene rings is 1. The maximum atomic E-state index is 5.79. The van der Waals surface area contributed by atoms with Crippen LogP contribution in [0.15, 0.2) is 35.7 Å². The lowest BCUT2D eigenvalue weighted by atomic mass is 9.95. The van der Waals surface area contributed by atoms with Gasteiger partial charge in [-0.2, -0.15) is 0 Å². The van der Waals surface area contributed by atoms with E-state index in [0.717, 1.165) is 18.0 Å². The summed E-state index contributed by atoms with van der Waals surface area (Å²) < 4.78 is 0. The summed E-state index contributed by atoms with van der Waals surface area (Å²) in [5.74, 6) is 7.31.